The Hall–Kier alpha value is -3.61. The van der Waals surface area contributed by atoms with Crippen LogP contribution in [0.3, 0.4) is 0 Å². The molecule has 0 bridgehead atoms. The largest absolute Gasteiger partial charge is 0.334 e. The second kappa shape index (κ2) is 7.79. The molecule has 3 aromatic rings. The van der Waals surface area contributed by atoms with Crippen molar-refractivity contribution in [2.45, 2.75) is 19.8 Å². The molecule has 0 unspecified atom stereocenters. The van der Waals surface area contributed by atoms with Gasteiger partial charge >= 0.3 is 17.5 Å². The zero-order valence-electron chi connectivity index (χ0n) is 16.1. The highest BCUT2D eigenvalue weighted by Gasteiger charge is 2.25. The van der Waals surface area contributed by atoms with E-state index in [1.807, 2.05) is 0 Å². The SMILES string of the molecule is Cc1ccc(C=C2CCN(C(=O)C(=O)Nc3ccc4[nH]c(=O)[nH]c4c3)CC2)cc1. The van der Waals surface area contributed by atoms with Gasteiger partial charge in [-0.25, -0.2) is 4.79 Å². The maximum absolute atomic E-state index is 12.5. The second-order valence-corrected chi connectivity index (χ2v) is 7.30. The Morgan fingerprint density at radius 3 is 2.41 bits per heavy atom. The zero-order valence-corrected chi connectivity index (χ0v) is 16.1. The van der Waals surface area contributed by atoms with E-state index in [9.17, 15) is 14.4 Å². The van der Waals surface area contributed by atoms with E-state index in [0.29, 0.717) is 29.8 Å². The van der Waals surface area contributed by atoms with Gasteiger partial charge in [0.2, 0.25) is 0 Å². The molecule has 2 aromatic carbocycles. The Morgan fingerprint density at radius 2 is 1.69 bits per heavy atom. The van der Waals surface area contributed by atoms with Crippen LogP contribution in [0.15, 0.2) is 52.8 Å². The first-order chi connectivity index (χ1) is 14.0. The van der Waals surface area contributed by atoms with E-state index < -0.39 is 11.8 Å². The number of aromatic nitrogens is 2. The van der Waals surface area contributed by atoms with Crippen LogP contribution in [0.25, 0.3) is 17.1 Å². The monoisotopic (exact) mass is 390 g/mol. The minimum absolute atomic E-state index is 0.317. The van der Waals surface area contributed by atoms with Crippen molar-refractivity contribution in [3.63, 3.8) is 0 Å². The molecule has 4 rings (SSSR count). The fourth-order valence-electron chi connectivity index (χ4n) is 3.48. The van der Waals surface area contributed by atoms with E-state index in [4.69, 9.17) is 0 Å². The molecule has 0 atom stereocenters. The van der Waals surface area contributed by atoms with Gasteiger partial charge in [0.1, 0.15) is 0 Å². The van der Waals surface area contributed by atoms with E-state index in [0.717, 1.165) is 18.4 Å². The van der Waals surface area contributed by atoms with Gasteiger partial charge in [-0.3, -0.25) is 9.59 Å². The number of amides is 2. The van der Waals surface area contributed by atoms with Gasteiger partial charge in [-0.2, -0.15) is 0 Å². The van der Waals surface area contributed by atoms with Crippen LogP contribution in [0.2, 0.25) is 0 Å². The molecular weight excluding hydrogens is 368 g/mol. The van der Waals surface area contributed by atoms with Crippen LogP contribution in [0.4, 0.5) is 5.69 Å². The summed E-state index contributed by atoms with van der Waals surface area (Å²) in [6.45, 7) is 3.10. The van der Waals surface area contributed by atoms with E-state index in [1.165, 1.54) is 11.1 Å². The first-order valence-corrected chi connectivity index (χ1v) is 9.56. The van der Waals surface area contributed by atoms with Crippen LogP contribution in [0, 0.1) is 6.92 Å². The van der Waals surface area contributed by atoms with Crippen LogP contribution in [-0.4, -0.2) is 39.8 Å². The van der Waals surface area contributed by atoms with E-state index in [-0.39, 0.29) is 5.69 Å². The third-order valence-electron chi connectivity index (χ3n) is 5.11. The molecule has 7 nitrogen and oxygen atoms in total. The predicted molar refractivity (Wildman–Crippen MR) is 113 cm³/mol. The van der Waals surface area contributed by atoms with Gasteiger partial charge < -0.3 is 20.2 Å². The summed E-state index contributed by atoms with van der Waals surface area (Å²) in [5.41, 5.74) is 5.01. The number of hydrogen-bond acceptors (Lipinski definition) is 3. The number of aryl methyl sites for hydroxylation is 1. The molecular formula is C22H22N4O3. The van der Waals surface area contributed by atoms with Gasteiger partial charge in [0.05, 0.1) is 11.0 Å². The highest BCUT2D eigenvalue weighted by molar-refractivity contribution is 6.39. The second-order valence-electron chi connectivity index (χ2n) is 7.30. The normalized spacial score (nSPS) is 14.1. The molecule has 0 radical (unpaired) electrons. The Bertz CT molecular complexity index is 1140. The molecule has 1 aliphatic rings. The molecule has 0 spiro atoms. The van der Waals surface area contributed by atoms with Crippen molar-refractivity contribution in [1.29, 1.82) is 0 Å². The maximum Gasteiger partial charge on any atom is 0.323 e. The van der Waals surface area contributed by atoms with E-state index in [2.05, 4.69) is 52.5 Å². The summed E-state index contributed by atoms with van der Waals surface area (Å²) in [5.74, 6) is -1.21. The average Bonchev–Trinajstić information content (AvgIpc) is 3.09. The van der Waals surface area contributed by atoms with Crippen LogP contribution in [0.1, 0.15) is 24.0 Å². The number of piperidine rings is 1. The standard InChI is InChI=1S/C22H22N4O3/c1-14-2-4-15(5-3-14)12-16-8-10-26(11-9-16)21(28)20(27)23-17-6-7-18-19(13-17)25-22(29)24-18/h2-7,12-13H,8-11H2,1H3,(H,23,27)(H2,24,25,29). The highest BCUT2D eigenvalue weighted by atomic mass is 16.2. The number of rotatable bonds is 2. The molecule has 1 aromatic heterocycles. The van der Waals surface area contributed by atoms with Crippen LogP contribution in [-0.2, 0) is 9.59 Å². The molecule has 2 heterocycles. The number of likely N-dealkylation sites (tertiary alicyclic amines) is 1. The summed E-state index contributed by atoms with van der Waals surface area (Å²) >= 11 is 0. The summed E-state index contributed by atoms with van der Waals surface area (Å²) in [4.78, 5) is 43.0. The summed E-state index contributed by atoms with van der Waals surface area (Å²) in [7, 11) is 0. The topological polar surface area (TPSA) is 98.1 Å². The number of aromatic amines is 2. The van der Waals surface area contributed by atoms with Crippen molar-refractivity contribution in [2.24, 2.45) is 0 Å². The lowest BCUT2D eigenvalue weighted by Gasteiger charge is -2.28. The minimum Gasteiger partial charge on any atom is -0.334 e. The van der Waals surface area contributed by atoms with Crippen molar-refractivity contribution >= 4 is 34.6 Å². The summed E-state index contributed by atoms with van der Waals surface area (Å²) in [6.07, 6.45) is 3.67. The molecule has 7 heteroatoms. The van der Waals surface area contributed by atoms with Crippen molar-refractivity contribution in [1.82, 2.24) is 14.9 Å². The Balaban J connectivity index is 1.36. The molecule has 29 heavy (non-hydrogen) atoms. The number of carbonyl (C=O) groups is 2. The van der Waals surface area contributed by atoms with Crippen LogP contribution >= 0.6 is 0 Å². The Morgan fingerprint density at radius 1 is 1.00 bits per heavy atom. The number of carbonyl (C=O) groups excluding carboxylic acids is 2. The van der Waals surface area contributed by atoms with E-state index in [1.54, 1.807) is 23.1 Å². The maximum atomic E-state index is 12.5. The van der Waals surface area contributed by atoms with Gasteiger partial charge in [0, 0.05) is 18.8 Å². The van der Waals surface area contributed by atoms with Crippen molar-refractivity contribution in [3.8, 4) is 0 Å². The Labute approximate surface area is 167 Å². The zero-order chi connectivity index (χ0) is 20.4. The first kappa shape index (κ1) is 18.7. The number of imidazole rings is 1. The lowest BCUT2D eigenvalue weighted by molar-refractivity contribution is -0.143. The number of anilines is 1. The molecule has 1 aliphatic heterocycles. The number of benzene rings is 2. The van der Waals surface area contributed by atoms with Crippen LogP contribution < -0.4 is 11.0 Å². The molecule has 0 aliphatic carbocycles. The van der Waals surface area contributed by atoms with Gasteiger partial charge in [0.25, 0.3) is 0 Å². The van der Waals surface area contributed by atoms with Gasteiger partial charge in [-0.15, -0.1) is 0 Å². The number of H-pyrrole nitrogens is 2. The van der Waals surface area contributed by atoms with E-state index >= 15 is 0 Å². The predicted octanol–water partition coefficient (Wildman–Crippen LogP) is 2.81. The summed E-state index contributed by atoms with van der Waals surface area (Å²) in [6, 6.07) is 13.3. The van der Waals surface area contributed by atoms with Crippen molar-refractivity contribution < 1.29 is 9.59 Å². The van der Waals surface area contributed by atoms with Crippen molar-refractivity contribution in [2.75, 3.05) is 18.4 Å². The highest BCUT2D eigenvalue weighted by Crippen LogP contribution is 2.20. The fourth-order valence-corrected chi connectivity index (χ4v) is 3.48. The van der Waals surface area contributed by atoms with Crippen molar-refractivity contribution in [3.05, 3.63) is 69.6 Å². The minimum atomic E-state index is -0.673. The van der Waals surface area contributed by atoms with Gasteiger partial charge in [-0.1, -0.05) is 41.5 Å². The third kappa shape index (κ3) is 4.29. The molecule has 1 saturated heterocycles. The third-order valence-corrected chi connectivity index (χ3v) is 5.11. The fraction of sp³-hybridized carbons (Fsp3) is 0.227. The number of nitrogens with zero attached hydrogens (tertiary/aromatic N) is 1. The number of fused-ring (bicyclic) bond motifs is 1. The average molecular weight is 390 g/mol. The molecule has 3 N–H and O–H groups in total. The Kier molecular flexibility index (Phi) is 5.03. The smallest absolute Gasteiger partial charge is 0.323 e. The molecule has 2 amide bonds. The molecule has 148 valence electrons. The van der Waals surface area contributed by atoms with Gasteiger partial charge in [-0.05, 0) is 43.5 Å². The molecule has 1 fully saturated rings. The number of hydrogen-bond donors (Lipinski definition) is 3. The first-order valence-electron chi connectivity index (χ1n) is 9.56. The lowest BCUT2D eigenvalue weighted by atomic mass is 10.0. The lowest BCUT2D eigenvalue weighted by Crippen LogP contribution is -2.42. The number of nitrogens with one attached hydrogen (secondary N) is 3. The molecule has 0 saturated carbocycles. The van der Waals surface area contributed by atoms with Gasteiger partial charge in [0.15, 0.2) is 0 Å². The quantitative estimate of drug-likeness (QED) is 0.587. The summed E-state index contributed by atoms with van der Waals surface area (Å²) in [5, 5.41) is 2.62. The summed E-state index contributed by atoms with van der Waals surface area (Å²) < 4.78 is 0. The van der Waals surface area contributed by atoms with Crippen LogP contribution in [0.5, 0.6) is 0 Å².